The van der Waals surface area contributed by atoms with Crippen LogP contribution >= 0.6 is 27.3 Å². The van der Waals surface area contributed by atoms with Gasteiger partial charge in [0.1, 0.15) is 11.8 Å². The zero-order chi connectivity index (χ0) is 9.97. The van der Waals surface area contributed by atoms with Gasteiger partial charge < -0.3 is 4.74 Å². The third kappa shape index (κ3) is 2.00. The van der Waals surface area contributed by atoms with Gasteiger partial charge in [0.15, 0.2) is 0 Å². The van der Waals surface area contributed by atoms with Crippen LogP contribution < -0.4 is 11.3 Å². The lowest BCUT2D eigenvalue weighted by Gasteiger charge is -2.15. The van der Waals surface area contributed by atoms with Crippen molar-refractivity contribution >= 4 is 27.3 Å². The summed E-state index contributed by atoms with van der Waals surface area (Å²) in [4.78, 5) is 1.16. The summed E-state index contributed by atoms with van der Waals surface area (Å²) < 4.78 is 6.56. The maximum atomic E-state index is 5.51. The van der Waals surface area contributed by atoms with Crippen molar-refractivity contribution < 1.29 is 4.74 Å². The summed E-state index contributed by atoms with van der Waals surface area (Å²) in [6.07, 6.45) is 3.05. The Kier molecular flexibility index (Phi) is 3.22. The maximum Gasteiger partial charge on any atom is 0.116 e. The van der Waals surface area contributed by atoms with Crippen molar-refractivity contribution in [1.82, 2.24) is 5.43 Å². The number of nitrogens with two attached hydrogens (primary N) is 1. The van der Waals surface area contributed by atoms with Crippen LogP contribution in [0.4, 0.5) is 0 Å². The molecular weight excluding hydrogens is 264 g/mol. The summed E-state index contributed by atoms with van der Waals surface area (Å²) in [5.74, 6) is 6.45. The predicted octanol–water partition coefficient (Wildman–Crippen LogP) is 2.32. The van der Waals surface area contributed by atoms with Crippen molar-refractivity contribution in [3.63, 3.8) is 0 Å². The van der Waals surface area contributed by atoms with Crippen LogP contribution in [-0.2, 0) is 4.74 Å². The second-order valence-electron chi connectivity index (χ2n) is 3.01. The molecule has 14 heavy (non-hydrogen) atoms. The molecule has 0 fully saturated rings. The van der Waals surface area contributed by atoms with Crippen molar-refractivity contribution in [2.75, 3.05) is 6.61 Å². The monoisotopic (exact) mass is 274 g/mol. The fourth-order valence-corrected chi connectivity index (χ4v) is 2.93. The Morgan fingerprint density at radius 3 is 3.00 bits per heavy atom. The molecule has 0 amide bonds. The Balaban J connectivity index is 2.20. The second-order valence-corrected chi connectivity index (χ2v) is 4.87. The number of rotatable bonds is 3. The lowest BCUT2D eigenvalue weighted by molar-refractivity contribution is 0.216. The quantitative estimate of drug-likeness (QED) is 0.657. The van der Waals surface area contributed by atoms with Crippen LogP contribution in [0.15, 0.2) is 27.8 Å². The molecule has 1 aromatic heterocycles. The average Bonchev–Trinajstić information content (AvgIpc) is 2.79. The molecule has 76 valence electrons. The molecule has 5 heteroatoms. The molecule has 1 atom stereocenters. The highest BCUT2D eigenvalue weighted by molar-refractivity contribution is 9.10. The van der Waals surface area contributed by atoms with E-state index in [0.717, 1.165) is 28.1 Å². The molecule has 1 aliphatic rings. The summed E-state index contributed by atoms with van der Waals surface area (Å²) in [5, 5.41) is 2.04. The van der Waals surface area contributed by atoms with E-state index in [1.165, 1.54) is 0 Å². The van der Waals surface area contributed by atoms with Crippen LogP contribution in [0, 0.1) is 0 Å². The largest absolute Gasteiger partial charge is 0.496 e. The molecule has 2 heterocycles. The first-order valence-corrected chi connectivity index (χ1v) is 6.01. The molecule has 0 aromatic carbocycles. The Hall–Kier alpha value is -0.360. The Bertz CT molecular complexity index is 350. The minimum atomic E-state index is -0.00574. The fraction of sp³-hybridized carbons (Fsp3) is 0.333. The van der Waals surface area contributed by atoms with Crippen LogP contribution in [0.2, 0.25) is 0 Å². The van der Waals surface area contributed by atoms with Crippen molar-refractivity contribution in [3.05, 3.63) is 32.6 Å². The van der Waals surface area contributed by atoms with Gasteiger partial charge in [-0.3, -0.25) is 5.84 Å². The number of ether oxygens (including phenoxy) is 1. The highest BCUT2D eigenvalue weighted by Crippen LogP contribution is 2.31. The first-order valence-electron chi connectivity index (χ1n) is 4.34. The lowest BCUT2D eigenvalue weighted by Crippen LogP contribution is -2.29. The van der Waals surface area contributed by atoms with E-state index in [4.69, 9.17) is 10.6 Å². The van der Waals surface area contributed by atoms with Gasteiger partial charge in [0, 0.05) is 21.2 Å². The molecule has 0 saturated carbocycles. The van der Waals surface area contributed by atoms with Crippen LogP contribution in [0.25, 0.3) is 0 Å². The summed E-state index contributed by atoms with van der Waals surface area (Å²) in [6.45, 7) is 0.764. The van der Waals surface area contributed by atoms with Gasteiger partial charge in [0.25, 0.3) is 0 Å². The molecule has 3 nitrogen and oxygen atoms in total. The topological polar surface area (TPSA) is 47.3 Å². The molecule has 0 spiro atoms. The Labute approximate surface area is 95.0 Å². The second kappa shape index (κ2) is 4.44. The Morgan fingerprint density at radius 2 is 2.50 bits per heavy atom. The van der Waals surface area contributed by atoms with Gasteiger partial charge in [-0.2, -0.15) is 0 Å². The van der Waals surface area contributed by atoms with E-state index in [9.17, 15) is 0 Å². The van der Waals surface area contributed by atoms with Gasteiger partial charge >= 0.3 is 0 Å². The van der Waals surface area contributed by atoms with Crippen molar-refractivity contribution in [2.45, 2.75) is 12.5 Å². The van der Waals surface area contributed by atoms with Gasteiger partial charge in [-0.1, -0.05) is 0 Å². The summed E-state index contributed by atoms with van der Waals surface area (Å²) in [5.41, 5.74) is 2.77. The smallest absolute Gasteiger partial charge is 0.116 e. The van der Waals surface area contributed by atoms with Gasteiger partial charge in [-0.25, -0.2) is 5.43 Å². The molecule has 1 aliphatic heterocycles. The molecule has 0 saturated heterocycles. The van der Waals surface area contributed by atoms with Gasteiger partial charge in [0.2, 0.25) is 0 Å². The van der Waals surface area contributed by atoms with E-state index < -0.39 is 0 Å². The standard InChI is InChI=1S/C9H11BrN2OS/c10-6-4-8(14-5-6)9(12-11)7-2-1-3-13-7/h2,4-5,9,12H,1,3,11H2. The van der Waals surface area contributed by atoms with E-state index >= 15 is 0 Å². The molecule has 0 bridgehead atoms. The molecule has 1 aromatic rings. The van der Waals surface area contributed by atoms with E-state index in [-0.39, 0.29) is 6.04 Å². The number of hydrogen-bond acceptors (Lipinski definition) is 4. The number of thiophene rings is 1. The zero-order valence-electron chi connectivity index (χ0n) is 7.50. The van der Waals surface area contributed by atoms with E-state index in [0.29, 0.717) is 0 Å². The van der Waals surface area contributed by atoms with Crippen LogP contribution in [-0.4, -0.2) is 6.61 Å². The first-order chi connectivity index (χ1) is 6.81. The SMILES string of the molecule is NNC(C1=CCCO1)c1cc(Br)cs1. The fourth-order valence-electron chi connectivity index (χ4n) is 1.42. The highest BCUT2D eigenvalue weighted by atomic mass is 79.9. The summed E-state index contributed by atoms with van der Waals surface area (Å²) in [7, 11) is 0. The zero-order valence-corrected chi connectivity index (χ0v) is 9.90. The minimum absolute atomic E-state index is 0.00574. The molecule has 1 unspecified atom stereocenters. The molecule has 3 N–H and O–H groups in total. The number of hydrazine groups is 1. The molecular formula is C9H11BrN2OS. The van der Waals surface area contributed by atoms with E-state index in [2.05, 4.69) is 33.5 Å². The maximum absolute atomic E-state index is 5.51. The number of halogens is 1. The predicted molar refractivity (Wildman–Crippen MR) is 60.7 cm³/mol. The molecule has 0 radical (unpaired) electrons. The number of hydrogen-bond donors (Lipinski definition) is 2. The van der Waals surface area contributed by atoms with E-state index in [1.807, 2.05) is 5.38 Å². The van der Waals surface area contributed by atoms with Gasteiger partial charge in [-0.05, 0) is 28.1 Å². The van der Waals surface area contributed by atoms with E-state index in [1.54, 1.807) is 11.3 Å². The van der Waals surface area contributed by atoms with Crippen LogP contribution in [0.5, 0.6) is 0 Å². The third-order valence-electron chi connectivity index (χ3n) is 2.06. The summed E-state index contributed by atoms with van der Waals surface area (Å²) >= 11 is 5.08. The minimum Gasteiger partial charge on any atom is -0.496 e. The van der Waals surface area contributed by atoms with Gasteiger partial charge in [0.05, 0.1) is 6.61 Å². The number of nitrogens with one attached hydrogen (secondary N) is 1. The van der Waals surface area contributed by atoms with Crippen molar-refractivity contribution in [2.24, 2.45) is 5.84 Å². The van der Waals surface area contributed by atoms with Gasteiger partial charge in [-0.15, -0.1) is 11.3 Å². The van der Waals surface area contributed by atoms with Crippen molar-refractivity contribution in [1.29, 1.82) is 0 Å². The van der Waals surface area contributed by atoms with Crippen molar-refractivity contribution in [3.8, 4) is 0 Å². The van der Waals surface area contributed by atoms with Crippen LogP contribution in [0.3, 0.4) is 0 Å². The molecule has 0 aliphatic carbocycles. The highest BCUT2D eigenvalue weighted by Gasteiger charge is 2.20. The average molecular weight is 275 g/mol. The Morgan fingerprint density at radius 1 is 1.64 bits per heavy atom. The summed E-state index contributed by atoms with van der Waals surface area (Å²) in [6, 6.07) is 2.05. The molecule has 2 rings (SSSR count). The lowest BCUT2D eigenvalue weighted by atomic mass is 10.2. The van der Waals surface area contributed by atoms with Crippen LogP contribution in [0.1, 0.15) is 17.3 Å². The normalized spacial score (nSPS) is 17.7. The first kappa shape index (κ1) is 10.2. The third-order valence-corrected chi connectivity index (χ3v) is 3.81.